The molecule has 0 amide bonds. The zero-order chi connectivity index (χ0) is 13.0. The summed E-state index contributed by atoms with van der Waals surface area (Å²) in [7, 11) is 0. The molecule has 0 aliphatic carbocycles. The van der Waals surface area contributed by atoms with Gasteiger partial charge in [-0.1, -0.05) is 26.7 Å². The van der Waals surface area contributed by atoms with Crippen molar-refractivity contribution in [1.29, 1.82) is 5.41 Å². The second-order valence-electron chi connectivity index (χ2n) is 3.32. The van der Waals surface area contributed by atoms with E-state index in [1.165, 1.54) is 0 Å². The molecule has 0 heterocycles. The van der Waals surface area contributed by atoms with E-state index in [2.05, 4.69) is 13.8 Å². The molecule has 0 rings (SSSR count). The number of unbranched alkanes of at least 4 members (excludes halogenated alkanes) is 2. The molecular weight excluding hydrogens is 212 g/mol. The number of hydrogen-bond donors (Lipinski definition) is 3. The lowest BCUT2D eigenvalue weighted by atomic mass is 10.3. The Balaban J connectivity index is 0. The summed E-state index contributed by atoms with van der Waals surface area (Å²) in [4.78, 5) is 10.3. The van der Waals surface area contributed by atoms with Gasteiger partial charge in [0, 0.05) is 13.1 Å². The summed E-state index contributed by atoms with van der Waals surface area (Å²) in [5.74, 6) is 0.219. The van der Waals surface area contributed by atoms with Crippen LogP contribution < -0.4 is 5.73 Å². The van der Waals surface area contributed by atoms with Gasteiger partial charge in [-0.2, -0.15) is 0 Å². The van der Waals surface area contributed by atoms with E-state index in [1.54, 1.807) is 0 Å². The molecule has 7 heteroatoms. The van der Waals surface area contributed by atoms with E-state index >= 15 is 0 Å². The maximum Gasteiger partial charge on any atom is 0.291 e. The molecule has 0 saturated heterocycles. The predicted octanol–water partition coefficient (Wildman–Crippen LogP) is 1.43. The van der Waals surface area contributed by atoms with E-state index < -0.39 is 5.09 Å². The standard InChI is InChI=1S/C9H21N3.HNO3/c1-3-5-7-12(9(10)11)8-6-4-2;2-1(3)4/h3-8H2,1-2H3,(H3,10,11);(H,2,3,4). The fourth-order valence-electron chi connectivity index (χ4n) is 1.05. The highest BCUT2D eigenvalue weighted by Crippen LogP contribution is 1.97. The molecule has 7 nitrogen and oxygen atoms in total. The molecule has 16 heavy (non-hydrogen) atoms. The third-order valence-electron chi connectivity index (χ3n) is 1.90. The topological polar surface area (TPSA) is 116 Å². The third kappa shape index (κ3) is 15.0. The molecule has 0 bridgehead atoms. The Morgan fingerprint density at radius 1 is 1.38 bits per heavy atom. The lowest BCUT2D eigenvalue weighted by Gasteiger charge is -2.21. The highest BCUT2D eigenvalue weighted by molar-refractivity contribution is 5.74. The maximum atomic E-state index is 8.36. The van der Waals surface area contributed by atoms with Crippen molar-refractivity contribution >= 4 is 5.96 Å². The minimum Gasteiger partial charge on any atom is -0.370 e. The number of hydrogen-bond acceptors (Lipinski definition) is 3. The van der Waals surface area contributed by atoms with Gasteiger partial charge in [0.15, 0.2) is 5.96 Å². The number of nitrogens with zero attached hydrogens (tertiary/aromatic N) is 2. The molecule has 0 spiro atoms. The van der Waals surface area contributed by atoms with Gasteiger partial charge in [0.2, 0.25) is 0 Å². The molecule has 0 aromatic carbocycles. The average Bonchev–Trinajstić information content (AvgIpc) is 2.16. The Bertz CT molecular complexity index is 187. The molecule has 0 aromatic heterocycles. The summed E-state index contributed by atoms with van der Waals surface area (Å²) in [6.45, 7) is 6.17. The fraction of sp³-hybridized carbons (Fsp3) is 0.889. The molecule has 0 saturated carbocycles. The summed E-state index contributed by atoms with van der Waals surface area (Å²) in [5, 5.41) is 21.0. The van der Waals surface area contributed by atoms with Gasteiger partial charge in [0.25, 0.3) is 5.09 Å². The molecule has 0 aliphatic heterocycles. The van der Waals surface area contributed by atoms with E-state index in [4.69, 9.17) is 26.5 Å². The van der Waals surface area contributed by atoms with Crippen molar-refractivity contribution in [3.8, 4) is 0 Å². The largest absolute Gasteiger partial charge is 0.370 e. The van der Waals surface area contributed by atoms with Crippen molar-refractivity contribution in [2.24, 2.45) is 5.73 Å². The smallest absolute Gasteiger partial charge is 0.291 e. The van der Waals surface area contributed by atoms with Crippen LogP contribution in [0.1, 0.15) is 39.5 Å². The predicted molar refractivity (Wildman–Crippen MR) is 62.1 cm³/mol. The molecule has 96 valence electrons. The van der Waals surface area contributed by atoms with Crippen LogP contribution >= 0.6 is 0 Å². The number of rotatable bonds is 6. The van der Waals surface area contributed by atoms with E-state index in [0.29, 0.717) is 0 Å². The first kappa shape index (κ1) is 16.9. The lowest BCUT2D eigenvalue weighted by Crippen LogP contribution is -2.37. The Hall–Kier alpha value is -1.53. The van der Waals surface area contributed by atoms with Crippen molar-refractivity contribution in [3.63, 3.8) is 0 Å². The summed E-state index contributed by atoms with van der Waals surface area (Å²) < 4.78 is 0. The van der Waals surface area contributed by atoms with Crippen LogP contribution in [0.3, 0.4) is 0 Å². The van der Waals surface area contributed by atoms with E-state index in [-0.39, 0.29) is 5.96 Å². The van der Waals surface area contributed by atoms with Crippen LogP contribution in [-0.2, 0) is 0 Å². The van der Waals surface area contributed by atoms with Crippen LogP contribution in [0.5, 0.6) is 0 Å². The van der Waals surface area contributed by atoms with Gasteiger partial charge >= 0.3 is 0 Å². The second kappa shape index (κ2) is 11.5. The van der Waals surface area contributed by atoms with Crippen LogP contribution in [-0.4, -0.2) is 34.2 Å². The molecule has 0 radical (unpaired) electrons. The first-order valence-electron chi connectivity index (χ1n) is 5.37. The van der Waals surface area contributed by atoms with Crippen molar-refractivity contribution in [2.75, 3.05) is 13.1 Å². The number of guanidine groups is 1. The molecule has 0 atom stereocenters. The maximum absolute atomic E-state index is 8.36. The fourth-order valence-corrected chi connectivity index (χ4v) is 1.05. The van der Waals surface area contributed by atoms with Gasteiger partial charge in [-0.3, -0.25) is 5.41 Å². The van der Waals surface area contributed by atoms with Crippen molar-refractivity contribution in [2.45, 2.75) is 39.5 Å². The Morgan fingerprint density at radius 2 is 1.69 bits per heavy atom. The first-order valence-corrected chi connectivity index (χ1v) is 5.37. The first-order chi connectivity index (χ1) is 7.45. The zero-order valence-corrected chi connectivity index (χ0v) is 9.98. The SMILES string of the molecule is CCCCN(CCCC)C(=N)N.O=[N+]([O-])O. The van der Waals surface area contributed by atoms with Gasteiger partial charge in [0.1, 0.15) is 0 Å². The highest BCUT2D eigenvalue weighted by atomic mass is 16.9. The summed E-state index contributed by atoms with van der Waals surface area (Å²) in [6, 6.07) is 0. The minimum absolute atomic E-state index is 0.219. The molecule has 0 aromatic rings. The Labute approximate surface area is 95.9 Å². The molecule has 0 unspecified atom stereocenters. The monoisotopic (exact) mass is 234 g/mol. The molecule has 0 fully saturated rings. The molecular formula is C9H22N4O3. The number of nitrogens with two attached hydrogens (primary N) is 1. The van der Waals surface area contributed by atoms with Crippen molar-refractivity contribution in [1.82, 2.24) is 4.90 Å². The van der Waals surface area contributed by atoms with Gasteiger partial charge in [-0.25, -0.2) is 0 Å². The minimum atomic E-state index is -1.50. The quantitative estimate of drug-likeness (QED) is 0.278. The van der Waals surface area contributed by atoms with Gasteiger partial charge in [-0.15, -0.1) is 10.1 Å². The van der Waals surface area contributed by atoms with Crippen LogP contribution in [0.2, 0.25) is 0 Å². The van der Waals surface area contributed by atoms with Gasteiger partial charge in [-0.05, 0) is 12.8 Å². The third-order valence-corrected chi connectivity index (χ3v) is 1.90. The Kier molecular flexibility index (Phi) is 12.2. The van der Waals surface area contributed by atoms with Crippen molar-refractivity contribution < 1.29 is 10.3 Å². The van der Waals surface area contributed by atoms with E-state index in [0.717, 1.165) is 38.8 Å². The summed E-state index contributed by atoms with van der Waals surface area (Å²) in [6.07, 6.45) is 4.58. The summed E-state index contributed by atoms with van der Waals surface area (Å²) >= 11 is 0. The van der Waals surface area contributed by atoms with Gasteiger partial charge < -0.3 is 15.8 Å². The number of nitrogens with one attached hydrogen (secondary N) is 1. The van der Waals surface area contributed by atoms with E-state index in [1.807, 2.05) is 4.90 Å². The van der Waals surface area contributed by atoms with Crippen LogP contribution in [0.25, 0.3) is 0 Å². The van der Waals surface area contributed by atoms with Crippen LogP contribution in [0.4, 0.5) is 0 Å². The summed E-state index contributed by atoms with van der Waals surface area (Å²) in [5.41, 5.74) is 5.43. The second-order valence-corrected chi connectivity index (χ2v) is 3.32. The highest BCUT2D eigenvalue weighted by Gasteiger charge is 2.03. The van der Waals surface area contributed by atoms with Crippen LogP contribution in [0.15, 0.2) is 0 Å². The zero-order valence-electron chi connectivity index (χ0n) is 9.98. The Morgan fingerprint density at radius 3 is 1.88 bits per heavy atom. The molecule has 4 N–H and O–H groups in total. The normalized spacial score (nSPS) is 8.88. The lowest BCUT2D eigenvalue weighted by molar-refractivity contribution is -0.742. The van der Waals surface area contributed by atoms with Crippen molar-refractivity contribution in [3.05, 3.63) is 10.1 Å². The van der Waals surface area contributed by atoms with Crippen LogP contribution in [0, 0.1) is 15.5 Å². The average molecular weight is 234 g/mol. The van der Waals surface area contributed by atoms with E-state index in [9.17, 15) is 0 Å². The molecule has 0 aliphatic rings. The van der Waals surface area contributed by atoms with Gasteiger partial charge in [0.05, 0.1) is 0 Å².